The van der Waals surface area contributed by atoms with Crippen LogP contribution in [-0.2, 0) is 17.6 Å². The van der Waals surface area contributed by atoms with Gasteiger partial charge in [-0.15, -0.1) is 11.3 Å². The summed E-state index contributed by atoms with van der Waals surface area (Å²) < 4.78 is 0. The first-order chi connectivity index (χ1) is 11.6. The van der Waals surface area contributed by atoms with Crippen LogP contribution >= 0.6 is 34.5 Å². The van der Waals surface area contributed by atoms with Crippen molar-refractivity contribution in [1.82, 2.24) is 0 Å². The number of nitrogens with zero attached hydrogens (tertiary/aromatic N) is 1. The van der Waals surface area contributed by atoms with Gasteiger partial charge in [-0.1, -0.05) is 29.6 Å². The molecule has 1 aromatic heterocycles. The second-order valence-electron chi connectivity index (χ2n) is 5.53. The Morgan fingerprint density at radius 1 is 1.29 bits per heavy atom. The van der Waals surface area contributed by atoms with E-state index in [-0.39, 0.29) is 12.5 Å². The predicted octanol–water partition coefficient (Wildman–Crippen LogP) is 5.54. The summed E-state index contributed by atoms with van der Waals surface area (Å²) >= 11 is 13.4. The van der Waals surface area contributed by atoms with E-state index >= 15 is 0 Å². The van der Waals surface area contributed by atoms with Gasteiger partial charge in [0.25, 0.3) is 0 Å². The van der Waals surface area contributed by atoms with Crippen molar-refractivity contribution in [1.29, 1.82) is 0 Å². The summed E-state index contributed by atoms with van der Waals surface area (Å²) in [6.07, 6.45) is 4.18. The van der Waals surface area contributed by atoms with Gasteiger partial charge in [-0.25, -0.2) is 4.85 Å². The fraction of sp³-hybridized carbons (Fsp3) is 0.294. The smallest absolute Gasteiger partial charge is 0.243 e. The molecule has 0 bridgehead atoms. The Morgan fingerprint density at radius 3 is 2.83 bits per heavy atom. The van der Waals surface area contributed by atoms with E-state index < -0.39 is 0 Å². The molecule has 3 rings (SSSR count). The maximum atomic E-state index is 12.2. The predicted molar refractivity (Wildman–Crippen MR) is 101 cm³/mol. The third kappa shape index (κ3) is 3.67. The number of rotatable bonds is 4. The maximum absolute atomic E-state index is 12.2. The molecule has 0 saturated carbocycles. The van der Waals surface area contributed by atoms with Gasteiger partial charge in [0.15, 0.2) is 0 Å². The van der Waals surface area contributed by atoms with Gasteiger partial charge in [0, 0.05) is 5.02 Å². The average Bonchev–Trinajstić information content (AvgIpc) is 2.90. The molecule has 2 N–H and O–H groups in total. The molecule has 1 heterocycles. The molecule has 0 spiro atoms. The summed E-state index contributed by atoms with van der Waals surface area (Å²) in [5.74, 6) is -0.204. The number of hydrogen-bond donors (Lipinski definition) is 2. The third-order valence-electron chi connectivity index (χ3n) is 3.88. The van der Waals surface area contributed by atoms with Gasteiger partial charge in [-0.2, -0.15) is 0 Å². The van der Waals surface area contributed by atoms with Crippen molar-refractivity contribution in [2.24, 2.45) is 0 Å². The van der Waals surface area contributed by atoms with E-state index in [0.29, 0.717) is 26.4 Å². The van der Waals surface area contributed by atoms with E-state index in [4.69, 9.17) is 29.8 Å². The normalized spacial score (nSPS) is 13.0. The topological polar surface area (TPSA) is 45.5 Å². The highest BCUT2D eigenvalue weighted by Crippen LogP contribution is 2.43. The number of aryl methyl sites for hydroxylation is 1. The van der Waals surface area contributed by atoms with Crippen LogP contribution < -0.4 is 10.6 Å². The van der Waals surface area contributed by atoms with Crippen LogP contribution in [0, 0.1) is 6.57 Å². The standard InChI is InChI=1S/C17H15Cl2N3OS/c1-20-16-11-4-2-3-5-14(11)24-17(16)22-15(23)9-21-13-7-6-10(18)8-12(13)19/h6-8,21H,2-5,9H2,(H,22,23). The summed E-state index contributed by atoms with van der Waals surface area (Å²) in [4.78, 5) is 17.1. The lowest BCUT2D eigenvalue weighted by Crippen LogP contribution is -2.21. The Bertz CT molecular complexity index is 826. The molecule has 1 amide bonds. The Balaban J connectivity index is 1.67. The Morgan fingerprint density at radius 2 is 2.08 bits per heavy atom. The summed E-state index contributed by atoms with van der Waals surface area (Å²) in [7, 11) is 0. The summed E-state index contributed by atoms with van der Waals surface area (Å²) in [6.45, 7) is 7.48. The molecular formula is C17H15Cl2N3OS. The van der Waals surface area contributed by atoms with Crippen LogP contribution in [0.25, 0.3) is 4.85 Å². The van der Waals surface area contributed by atoms with Crippen molar-refractivity contribution in [3.05, 3.63) is 50.1 Å². The third-order valence-corrected chi connectivity index (χ3v) is 5.62. The minimum absolute atomic E-state index is 0.0708. The van der Waals surface area contributed by atoms with Crippen LogP contribution in [0.15, 0.2) is 18.2 Å². The number of nitrogens with one attached hydrogen (secondary N) is 2. The van der Waals surface area contributed by atoms with E-state index in [9.17, 15) is 4.79 Å². The SMILES string of the molecule is [C-]#[N+]c1c(NC(=O)CNc2ccc(Cl)cc2Cl)sc2c1CCCC2. The van der Waals surface area contributed by atoms with Crippen LogP contribution in [-0.4, -0.2) is 12.5 Å². The van der Waals surface area contributed by atoms with Crippen molar-refractivity contribution < 1.29 is 4.79 Å². The van der Waals surface area contributed by atoms with Gasteiger partial charge in [0.1, 0.15) is 5.00 Å². The van der Waals surface area contributed by atoms with Gasteiger partial charge in [0.05, 0.1) is 23.8 Å². The number of halogens is 2. The van der Waals surface area contributed by atoms with Crippen molar-refractivity contribution in [2.75, 3.05) is 17.2 Å². The number of benzene rings is 1. The fourth-order valence-corrected chi connectivity index (χ4v) is 4.45. The molecule has 0 fully saturated rings. The zero-order chi connectivity index (χ0) is 17.1. The van der Waals surface area contributed by atoms with Crippen molar-refractivity contribution in [2.45, 2.75) is 25.7 Å². The molecule has 7 heteroatoms. The van der Waals surface area contributed by atoms with Crippen LogP contribution in [0.2, 0.25) is 10.0 Å². The first-order valence-electron chi connectivity index (χ1n) is 7.59. The molecule has 1 aromatic carbocycles. The zero-order valence-corrected chi connectivity index (χ0v) is 15.1. The molecule has 24 heavy (non-hydrogen) atoms. The highest BCUT2D eigenvalue weighted by Gasteiger charge is 2.21. The Hall–Kier alpha value is -1.74. The maximum Gasteiger partial charge on any atom is 0.243 e. The molecule has 2 aromatic rings. The Kier molecular flexibility index (Phi) is 5.30. The van der Waals surface area contributed by atoms with Crippen LogP contribution in [0.5, 0.6) is 0 Å². The zero-order valence-electron chi connectivity index (χ0n) is 12.8. The second kappa shape index (κ2) is 7.43. The minimum Gasteiger partial charge on any atom is -0.375 e. The van der Waals surface area contributed by atoms with Gasteiger partial charge in [0.2, 0.25) is 11.6 Å². The summed E-state index contributed by atoms with van der Waals surface area (Å²) in [5, 5.41) is 7.50. The molecule has 1 aliphatic carbocycles. The lowest BCUT2D eigenvalue weighted by Gasteiger charge is -2.10. The first kappa shape index (κ1) is 17.1. The van der Waals surface area contributed by atoms with Crippen LogP contribution in [0.4, 0.5) is 16.4 Å². The number of carbonyl (C=O) groups is 1. The molecule has 4 nitrogen and oxygen atoms in total. The van der Waals surface area contributed by atoms with Crippen molar-refractivity contribution in [3.63, 3.8) is 0 Å². The van der Waals surface area contributed by atoms with E-state index in [0.717, 1.165) is 31.2 Å². The van der Waals surface area contributed by atoms with Gasteiger partial charge < -0.3 is 10.6 Å². The molecule has 124 valence electrons. The monoisotopic (exact) mass is 379 g/mol. The Labute approximate surface area is 154 Å². The minimum atomic E-state index is -0.204. The molecule has 0 atom stereocenters. The second-order valence-corrected chi connectivity index (χ2v) is 7.48. The van der Waals surface area contributed by atoms with Gasteiger partial charge in [-0.05, 0) is 47.9 Å². The van der Waals surface area contributed by atoms with Gasteiger partial charge in [-0.3, -0.25) is 4.79 Å². The van der Waals surface area contributed by atoms with E-state index in [2.05, 4.69) is 15.5 Å². The molecule has 0 aliphatic heterocycles. The highest BCUT2D eigenvalue weighted by molar-refractivity contribution is 7.17. The largest absolute Gasteiger partial charge is 0.375 e. The number of carbonyl (C=O) groups excluding carboxylic acids is 1. The summed E-state index contributed by atoms with van der Waals surface area (Å²) in [6, 6.07) is 5.05. The van der Waals surface area contributed by atoms with Gasteiger partial charge >= 0.3 is 0 Å². The molecular weight excluding hydrogens is 365 g/mol. The molecule has 0 unspecified atom stereocenters. The van der Waals surface area contributed by atoms with E-state index in [1.165, 1.54) is 16.2 Å². The van der Waals surface area contributed by atoms with Crippen LogP contribution in [0.1, 0.15) is 23.3 Å². The van der Waals surface area contributed by atoms with E-state index in [1.54, 1.807) is 18.2 Å². The first-order valence-corrected chi connectivity index (χ1v) is 9.16. The van der Waals surface area contributed by atoms with Crippen LogP contribution in [0.3, 0.4) is 0 Å². The molecule has 1 aliphatic rings. The number of thiophene rings is 1. The van der Waals surface area contributed by atoms with E-state index in [1.807, 2.05) is 0 Å². The summed E-state index contributed by atoms with van der Waals surface area (Å²) in [5.41, 5.74) is 2.37. The lowest BCUT2D eigenvalue weighted by atomic mass is 9.98. The number of fused-ring (bicyclic) bond motifs is 1. The van der Waals surface area contributed by atoms with Crippen molar-refractivity contribution >= 4 is 56.8 Å². The quantitative estimate of drug-likeness (QED) is 0.685. The molecule has 0 radical (unpaired) electrons. The lowest BCUT2D eigenvalue weighted by molar-refractivity contribution is -0.114. The molecule has 0 saturated heterocycles. The number of hydrogen-bond acceptors (Lipinski definition) is 3. The van der Waals surface area contributed by atoms with Crippen molar-refractivity contribution in [3.8, 4) is 0 Å². The number of anilines is 2. The average molecular weight is 380 g/mol. The number of amides is 1. The highest BCUT2D eigenvalue weighted by atomic mass is 35.5. The fourth-order valence-electron chi connectivity index (χ4n) is 2.73.